The summed E-state index contributed by atoms with van der Waals surface area (Å²) in [5, 5.41) is 40.9. The molecule has 6 heteroatoms. The van der Waals surface area contributed by atoms with E-state index in [1.807, 2.05) is 24.3 Å². The van der Waals surface area contributed by atoms with E-state index < -0.39 is 23.5 Å². The van der Waals surface area contributed by atoms with Crippen molar-refractivity contribution >= 4 is 23.1 Å². The summed E-state index contributed by atoms with van der Waals surface area (Å²) in [6.07, 6.45) is 3.57. The minimum atomic E-state index is -1.35. The Morgan fingerprint density at radius 3 is 0.870 bits per heavy atom. The fourth-order valence-corrected chi connectivity index (χ4v) is 5.35. The van der Waals surface area contributed by atoms with Crippen LogP contribution in [0.25, 0.3) is 11.1 Å². The number of aliphatic hydroxyl groups excluding tert-OH is 2. The van der Waals surface area contributed by atoms with E-state index in [4.69, 9.17) is 0 Å². The molecule has 0 aliphatic carbocycles. The van der Waals surface area contributed by atoms with Crippen LogP contribution in [0.4, 0.5) is 0 Å². The summed E-state index contributed by atoms with van der Waals surface area (Å²) in [7, 11) is 0. The number of carboxylic acids is 2. The zero-order chi connectivity index (χ0) is 35.4. The number of hydrogen-bond acceptors (Lipinski definition) is 4. The molecule has 0 spiro atoms. The maximum atomic E-state index is 11.9. The third-order valence-electron chi connectivity index (χ3n) is 8.61. The predicted octanol–water partition coefficient (Wildman–Crippen LogP) is 10.6. The summed E-state index contributed by atoms with van der Waals surface area (Å²) in [5.41, 5.74) is 5.95. The lowest BCUT2D eigenvalue weighted by Crippen LogP contribution is -2.17. The van der Waals surface area contributed by atoms with Crippen molar-refractivity contribution in [3.05, 3.63) is 81.3 Å². The summed E-state index contributed by atoms with van der Waals surface area (Å²) >= 11 is 0. The third kappa shape index (κ3) is 10.5. The zero-order valence-electron chi connectivity index (χ0n) is 30.3. The van der Waals surface area contributed by atoms with Crippen LogP contribution in [-0.2, 0) is 31.2 Å². The maximum Gasteiger partial charge on any atom is 0.371 e. The SMILES string of the molecule is CC(C)(C)c1cc(C(CCCCCCC(=C(O)C(=O)O)c2cc(C(C)(C)C)cc(C(C)(C)C)c2)=C(O)C(=O)O)cc(C(C)(C)C)c1. The first kappa shape index (κ1) is 38.6. The van der Waals surface area contributed by atoms with Crippen molar-refractivity contribution in [3.63, 3.8) is 0 Å². The summed E-state index contributed by atoms with van der Waals surface area (Å²) in [6.45, 7) is 25.4. The molecule has 0 saturated heterocycles. The highest BCUT2D eigenvalue weighted by Crippen LogP contribution is 2.37. The second-order valence-electron chi connectivity index (χ2n) is 16.8. The number of carbonyl (C=O) groups is 2. The van der Waals surface area contributed by atoms with Gasteiger partial charge in [0.05, 0.1) is 0 Å². The number of aliphatic hydroxyl groups is 2. The Balaban J connectivity index is 2.32. The van der Waals surface area contributed by atoms with Gasteiger partial charge in [-0.25, -0.2) is 9.59 Å². The Hall–Kier alpha value is -3.54. The quantitative estimate of drug-likeness (QED) is 0.111. The molecule has 0 aliphatic rings. The number of hydrogen-bond donors (Lipinski definition) is 4. The smallest absolute Gasteiger partial charge is 0.371 e. The van der Waals surface area contributed by atoms with Crippen LogP contribution in [0, 0.1) is 0 Å². The highest BCUT2D eigenvalue weighted by Gasteiger charge is 2.25. The molecule has 0 fully saturated rings. The number of rotatable bonds is 11. The van der Waals surface area contributed by atoms with Crippen LogP contribution >= 0.6 is 0 Å². The Bertz CT molecular complexity index is 1300. The van der Waals surface area contributed by atoms with Crippen molar-refractivity contribution in [1.82, 2.24) is 0 Å². The van der Waals surface area contributed by atoms with Crippen molar-refractivity contribution in [3.8, 4) is 0 Å². The first-order valence-electron chi connectivity index (χ1n) is 16.5. The standard InChI is InChI=1S/C40H58O6/c1-37(2,3)27-19-25(20-28(23-27)38(4,5)6)31(33(41)35(43)44)17-15-13-14-16-18-32(34(42)36(45)46)26-21-29(39(7,8)9)24-30(22-26)40(10,11)12/h19-24,41-42H,13-18H2,1-12H3,(H,43,44)(H,45,46). The van der Waals surface area contributed by atoms with Gasteiger partial charge in [-0.15, -0.1) is 0 Å². The second kappa shape index (κ2) is 14.5. The lowest BCUT2D eigenvalue weighted by molar-refractivity contribution is -0.136. The predicted molar refractivity (Wildman–Crippen MR) is 190 cm³/mol. The first-order chi connectivity index (χ1) is 20.8. The number of allylic oxidation sites excluding steroid dienone is 2. The van der Waals surface area contributed by atoms with E-state index >= 15 is 0 Å². The minimum Gasteiger partial charge on any atom is -0.502 e. The van der Waals surface area contributed by atoms with Gasteiger partial charge in [0, 0.05) is 11.1 Å². The van der Waals surface area contributed by atoms with Gasteiger partial charge in [0.2, 0.25) is 11.5 Å². The van der Waals surface area contributed by atoms with E-state index in [-0.39, 0.29) is 21.7 Å². The molecule has 0 unspecified atom stereocenters. The van der Waals surface area contributed by atoms with Crippen LogP contribution in [-0.4, -0.2) is 32.4 Å². The number of aliphatic carboxylic acids is 2. The Labute approximate surface area is 277 Å². The van der Waals surface area contributed by atoms with Gasteiger partial charge < -0.3 is 20.4 Å². The molecule has 46 heavy (non-hydrogen) atoms. The summed E-state index contributed by atoms with van der Waals surface area (Å²) in [6, 6.07) is 12.3. The average molecular weight is 635 g/mol. The summed E-state index contributed by atoms with van der Waals surface area (Å²) in [4.78, 5) is 23.9. The van der Waals surface area contributed by atoms with Gasteiger partial charge in [0.1, 0.15) is 0 Å². The number of benzene rings is 2. The van der Waals surface area contributed by atoms with E-state index in [0.717, 1.165) is 46.2 Å². The molecule has 2 aromatic rings. The van der Waals surface area contributed by atoms with Crippen LogP contribution < -0.4 is 0 Å². The van der Waals surface area contributed by atoms with Crippen molar-refractivity contribution in [2.75, 3.05) is 0 Å². The lowest BCUT2D eigenvalue weighted by Gasteiger charge is -2.27. The van der Waals surface area contributed by atoms with E-state index in [0.29, 0.717) is 36.8 Å². The van der Waals surface area contributed by atoms with Crippen molar-refractivity contribution in [2.45, 2.75) is 143 Å². The molecule has 0 radical (unpaired) electrons. The molecule has 0 bridgehead atoms. The van der Waals surface area contributed by atoms with Gasteiger partial charge in [-0.1, -0.05) is 132 Å². The monoisotopic (exact) mass is 634 g/mol. The molecule has 0 saturated carbocycles. The number of unbranched alkanes of at least 4 members (excludes halogenated alkanes) is 3. The minimum absolute atomic E-state index is 0.160. The maximum absolute atomic E-state index is 11.9. The molecule has 254 valence electrons. The molecule has 4 N–H and O–H groups in total. The molecule has 0 atom stereocenters. The Morgan fingerprint density at radius 1 is 0.435 bits per heavy atom. The van der Waals surface area contributed by atoms with Crippen LogP contribution in [0.15, 0.2) is 47.9 Å². The largest absolute Gasteiger partial charge is 0.502 e. The fraction of sp³-hybridized carbons (Fsp3) is 0.550. The zero-order valence-corrected chi connectivity index (χ0v) is 30.3. The van der Waals surface area contributed by atoms with E-state index in [1.54, 1.807) is 0 Å². The molecule has 0 aromatic heterocycles. The van der Waals surface area contributed by atoms with Crippen molar-refractivity contribution in [2.24, 2.45) is 0 Å². The van der Waals surface area contributed by atoms with Gasteiger partial charge in [-0.2, -0.15) is 0 Å². The number of carboxylic acid groups (broad SMARTS) is 2. The average Bonchev–Trinajstić information content (AvgIpc) is 2.91. The Morgan fingerprint density at radius 2 is 0.674 bits per heavy atom. The summed E-state index contributed by atoms with van der Waals surface area (Å²) in [5.74, 6) is -3.95. The highest BCUT2D eigenvalue weighted by molar-refractivity contribution is 5.94. The van der Waals surface area contributed by atoms with Gasteiger partial charge in [-0.3, -0.25) is 0 Å². The van der Waals surface area contributed by atoms with E-state index in [2.05, 4.69) is 95.2 Å². The van der Waals surface area contributed by atoms with E-state index in [9.17, 15) is 30.0 Å². The van der Waals surface area contributed by atoms with Gasteiger partial charge in [0.25, 0.3) is 0 Å². The molecule has 6 nitrogen and oxygen atoms in total. The van der Waals surface area contributed by atoms with Gasteiger partial charge in [-0.05, 0) is 80.7 Å². The van der Waals surface area contributed by atoms with E-state index in [1.165, 1.54) is 0 Å². The highest BCUT2D eigenvalue weighted by atomic mass is 16.4. The van der Waals surface area contributed by atoms with Crippen LogP contribution in [0.3, 0.4) is 0 Å². The normalized spacial score (nSPS) is 14.1. The van der Waals surface area contributed by atoms with Crippen LogP contribution in [0.5, 0.6) is 0 Å². The first-order valence-corrected chi connectivity index (χ1v) is 16.5. The fourth-order valence-electron chi connectivity index (χ4n) is 5.35. The third-order valence-corrected chi connectivity index (χ3v) is 8.61. The molecule has 2 rings (SSSR count). The molecule has 0 heterocycles. The molecule has 2 aromatic carbocycles. The topological polar surface area (TPSA) is 115 Å². The van der Waals surface area contributed by atoms with Gasteiger partial charge >= 0.3 is 11.9 Å². The lowest BCUT2D eigenvalue weighted by atomic mass is 9.78. The van der Waals surface area contributed by atoms with Gasteiger partial charge in [0.15, 0.2) is 0 Å². The Kier molecular flexibility index (Phi) is 12.2. The molecule has 0 aliphatic heterocycles. The molecular formula is C40H58O6. The molecular weight excluding hydrogens is 576 g/mol. The van der Waals surface area contributed by atoms with Crippen molar-refractivity contribution < 1.29 is 30.0 Å². The van der Waals surface area contributed by atoms with Crippen LogP contribution in [0.1, 0.15) is 155 Å². The molecule has 0 amide bonds. The van der Waals surface area contributed by atoms with Crippen LogP contribution in [0.2, 0.25) is 0 Å². The van der Waals surface area contributed by atoms with Crippen molar-refractivity contribution in [1.29, 1.82) is 0 Å². The summed E-state index contributed by atoms with van der Waals surface area (Å²) < 4.78 is 0. The second-order valence-corrected chi connectivity index (χ2v) is 16.8.